The molecule has 0 radical (unpaired) electrons. The normalized spacial score (nSPS) is 11.8. The summed E-state index contributed by atoms with van der Waals surface area (Å²) < 4.78 is 17.3. The highest BCUT2D eigenvalue weighted by molar-refractivity contribution is 8.22. The average molecular weight is 332 g/mol. The summed E-state index contributed by atoms with van der Waals surface area (Å²) in [6.45, 7) is 3.72. The molecule has 0 fully saturated rings. The van der Waals surface area contributed by atoms with Gasteiger partial charge < -0.3 is 4.18 Å². The van der Waals surface area contributed by atoms with Crippen LogP contribution in [0.5, 0.6) is 0 Å². The Morgan fingerprint density at radius 2 is 2.15 bits per heavy atom. The number of benzene rings is 1. The number of thiocarbonyl (C=S) groups is 1. The molecule has 1 amide bonds. The van der Waals surface area contributed by atoms with E-state index in [1.54, 1.807) is 32.2 Å². The molecule has 0 heterocycles. The number of hydrogen-bond acceptors (Lipinski definition) is 6. The Morgan fingerprint density at radius 1 is 1.50 bits per heavy atom. The van der Waals surface area contributed by atoms with Crippen molar-refractivity contribution in [2.24, 2.45) is 0 Å². The second kappa shape index (κ2) is 8.35. The molecular formula is C12H16N2O3S3. The summed E-state index contributed by atoms with van der Waals surface area (Å²) in [4.78, 5) is 12.4. The van der Waals surface area contributed by atoms with E-state index in [4.69, 9.17) is 16.4 Å². The lowest BCUT2D eigenvalue weighted by Gasteiger charge is -2.19. The molecule has 1 N–H and O–H groups in total. The van der Waals surface area contributed by atoms with Crippen LogP contribution in [0.4, 0.5) is 4.79 Å². The largest absolute Gasteiger partial charge is 0.444 e. The number of thioether (sulfide) groups is 1. The van der Waals surface area contributed by atoms with Crippen LogP contribution in [0.25, 0.3) is 0 Å². The van der Waals surface area contributed by atoms with Gasteiger partial charge >= 0.3 is 6.09 Å². The Morgan fingerprint density at radius 3 is 2.70 bits per heavy atom. The van der Waals surface area contributed by atoms with Gasteiger partial charge in [-0.15, -0.1) is 0 Å². The number of amides is 1. The molecule has 0 aliphatic rings. The Hall–Kier alpha value is -0.960. The number of hydrogen-bond donors (Lipinski definition) is 1. The second-order valence-electron chi connectivity index (χ2n) is 3.61. The van der Waals surface area contributed by atoms with Gasteiger partial charge in [0.15, 0.2) is 4.32 Å². The quantitative estimate of drug-likeness (QED) is 0.676. The third-order valence-electron chi connectivity index (χ3n) is 2.28. The lowest BCUT2D eigenvalue weighted by atomic mass is 10.2. The molecular weight excluding hydrogens is 316 g/mol. The molecule has 1 rings (SSSR count). The van der Waals surface area contributed by atoms with Crippen molar-refractivity contribution in [2.45, 2.75) is 18.7 Å². The van der Waals surface area contributed by atoms with E-state index in [0.717, 1.165) is 16.3 Å². The minimum atomic E-state index is -1.87. The van der Waals surface area contributed by atoms with Crippen LogP contribution in [-0.4, -0.2) is 32.4 Å². The maximum atomic E-state index is 12.0. The summed E-state index contributed by atoms with van der Waals surface area (Å²) in [6.07, 6.45) is -0.792. The number of nitrogens with one attached hydrogen (secondary N) is 1. The molecule has 1 aromatic rings. The van der Waals surface area contributed by atoms with Crippen LogP contribution in [0.15, 0.2) is 29.2 Å². The summed E-state index contributed by atoms with van der Waals surface area (Å²) in [7, 11) is 1.54. The predicted molar refractivity (Wildman–Crippen MR) is 85.7 cm³/mol. The van der Waals surface area contributed by atoms with Gasteiger partial charge in [-0.05, 0) is 24.3 Å². The Kier molecular flexibility index (Phi) is 7.14. The molecule has 0 saturated carbocycles. The average Bonchev–Trinajstić information content (AvgIpc) is 2.40. The van der Waals surface area contributed by atoms with E-state index in [2.05, 4.69) is 5.43 Å². The number of carbonyl (C=O) groups is 1. The number of hydrazine groups is 1. The molecule has 20 heavy (non-hydrogen) atoms. The highest BCUT2D eigenvalue weighted by Gasteiger charge is 2.22. The van der Waals surface area contributed by atoms with E-state index in [1.807, 2.05) is 13.0 Å². The number of aryl methyl sites for hydroxylation is 1. The Bertz CT molecular complexity index is 522. The molecule has 1 atom stereocenters. The van der Waals surface area contributed by atoms with Gasteiger partial charge in [0, 0.05) is 7.05 Å². The van der Waals surface area contributed by atoms with Gasteiger partial charge in [0.1, 0.15) is 0 Å². The zero-order chi connectivity index (χ0) is 15.1. The fourth-order valence-electron chi connectivity index (χ4n) is 1.34. The highest BCUT2D eigenvalue weighted by atomic mass is 32.2. The monoisotopic (exact) mass is 332 g/mol. The van der Waals surface area contributed by atoms with Gasteiger partial charge in [-0.25, -0.2) is 14.4 Å². The first-order valence-corrected chi connectivity index (χ1v) is 8.32. The third-order valence-corrected chi connectivity index (χ3v) is 4.64. The van der Waals surface area contributed by atoms with Crippen molar-refractivity contribution >= 4 is 45.5 Å². The Balaban J connectivity index is 2.77. The molecule has 0 bridgehead atoms. The SMILES string of the molecule is CCSC(=S)N(NC)C(=O)OS(=O)c1ccccc1C. The van der Waals surface area contributed by atoms with E-state index < -0.39 is 17.2 Å². The number of rotatable bonds is 4. The number of nitrogens with zero attached hydrogens (tertiary/aromatic N) is 1. The molecule has 0 aliphatic carbocycles. The van der Waals surface area contributed by atoms with Gasteiger partial charge in [0.05, 0.1) is 4.90 Å². The standard InChI is InChI=1S/C12H16N2O3S3/c1-4-19-12(18)14(13-3)11(15)17-20(16)10-8-6-5-7-9(10)2/h5-8,13H,4H2,1-3H3. The van der Waals surface area contributed by atoms with E-state index in [1.165, 1.54) is 11.8 Å². The summed E-state index contributed by atoms with van der Waals surface area (Å²) in [6, 6.07) is 7.02. The fraction of sp³-hybridized carbons (Fsp3) is 0.333. The van der Waals surface area contributed by atoms with Gasteiger partial charge in [0.25, 0.3) is 0 Å². The van der Waals surface area contributed by atoms with Gasteiger partial charge in [-0.1, -0.05) is 49.1 Å². The van der Waals surface area contributed by atoms with Crippen LogP contribution >= 0.6 is 24.0 Å². The molecule has 0 aliphatic heterocycles. The molecule has 1 unspecified atom stereocenters. The van der Waals surface area contributed by atoms with Gasteiger partial charge in [0.2, 0.25) is 11.1 Å². The van der Waals surface area contributed by atoms with Gasteiger partial charge in [-0.3, -0.25) is 0 Å². The van der Waals surface area contributed by atoms with Crippen LogP contribution in [0, 0.1) is 6.92 Å². The topological polar surface area (TPSA) is 58.6 Å². The minimum absolute atomic E-state index is 0.321. The Labute approximate surface area is 130 Å². The van der Waals surface area contributed by atoms with Crippen molar-refractivity contribution in [1.29, 1.82) is 0 Å². The van der Waals surface area contributed by atoms with Crippen LogP contribution in [0.2, 0.25) is 0 Å². The molecule has 110 valence electrons. The second-order valence-corrected chi connectivity index (χ2v) is 6.58. The van der Waals surface area contributed by atoms with Crippen LogP contribution in [-0.2, 0) is 15.3 Å². The smallest absolute Gasteiger partial charge is 0.342 e. The van der Waals surface area contributed by atoms with Crippen LogP contribution in [0.1, 0.15) is 12.5 Å². The molecule has 1 aromatic carbocycles. The highest BCUT2D eigenvalue weighted by Crippen LogP contribution is 2.15. The molecule has 0 spiro atoms. The summed E-state index contributed by atoms with van der Waals surface area (Å²) >= 11 is 4.52. The molecule has 5 nitrogen and oxygen atoms in total. The van der Waals surface area contributed by atoms with Crippen molar-refractivity contribution in [2.75, 3.05) is 12.8 Å². The lowest BCUT2D eigenvalue weighted by Crippen LogP contribution is -2.43. The predicted octanol–water partition coefficient (Wildman–Crippen LogP) is 2.63. The van der Waals surface area contributed by atoms with Crippen LogP contribution < -0.4 is 5.43 Å². The summed E-state index contributed by atoms with van der Waals surface area (Å²) in [5.74, 6) is 0.727. The van der Waals surface area contributed by atoms with E-state index in [0.29, 0.717) is 9.22 Å². The molecule has 0 saturated heterocycles. The molecule has 8 heteroatoms. The van der Waals surface area contributed by atoms with E-state index in [-0.39, 0.29) is 0 Å². The van der Waals surface area contributed by atoms with Gasteiger partial charge in [-0.2, -0.15) is 5.01 Å². The first-order valence-electron chi connectivity index (χ1n) is 5.85. The van der Waals surface area contributed by atoms with E-state index in [9.17, 15) is 9.00 Å². The molecule has 0 aromatic heterocycles. The zero-order valence-corrected chi connectivity index (χ0v) is 13.9. The van der Waals surface area contributed by atoms with Crippen molar-refractivity contribution in [3.63, 3.8) is 0 Å². The number of carbonyl (C=O) groups excluding carboxylic acids is 1. The first kappa shape index (κ1) is 17.1. The third kappa shape index (κ3) is 4.55. The van der Waals surface area contributed by atoms with Crippen molar-refractivity contribution < 1.29 is 13.2 Å². The van der Waals surface area contributed by atoms with Crippen molar-refractivity contribution in [3.05, 3.63) is 29.8 Å². The fourth-order valence-corrected chi connectivity index (χ4v) is 3.21. The minimum Gasteiger partial charge on any atom is -0.342 e. The lowest BCUT2D eigenvalue weighted by molar-refractivity contribution is 0.172. The van der Waals surface area contributed by atoms with E-state index >= 15 is 0 Å². The maximum absolute atomic E-state index is 12.0. The van der Waals surface area contributed by atoms with Crippen molar-refractivity contribution in [3.8, 4) is 0 Å². The summed E-state index contributed by atoms with van der Waals surface area (Å²) in [5.41, 5.74) is 3.41. The zero-order valence-electron chi connectivity index (χ0n) is 11.4. The first-order chi connectivity index (χ1) is 9.51. The summed E-state index contributed by atoms with van der Waals surface area (Å²) in [5, 5.41) is 1.06. The van der Waals surface area contributed by atoms with Crippen molar-refractivity contribution in [1.82, 2.24) is 10.4 Å². The maximum Gasteiger partial charge on any atom is 0.444 e. The van der Waals surface area contributed by atoms with Crippen LogP contribution in [0.3, 0.4) is 0 Å².